The maximum Gasteiger partial charge on any atom is 0.216 e. The zero-order chi connectivity index (χ0) is 13.0. The zero-order valence-electron chi connectivity index (χ0n) is 9.55. The van der Waals surface area contributed by atoms with Crippen molar-refractivity contribution in [1.82, 2.24) is 5.32 Å². The molecule has 1 aromatic carbocycles. The average molecular weight is 239 g/mol. The smallest absolute Gasteiger partial charge is 0.216 e. The summed E-state index contributed by atoms with van der Waals surface area (Å²) in [7, 11) is 0. The van der Waals surface area contributed by atoms with Gasteiger partial charge in [0.1, 0.15) is 12.2 Å². The molecule has 17 heavy (non-hydrogen) atoms. The van der Waals surface area contributed by atoms with Gasteiger partial charge < -0.3 is 27.0 Å². The molecule has 0 fully saturated rings. The molecule has 7 N–H and O–H groups in total. The van der Waals surface area contributed by atoms with Gasteiger partial charge in [0.05, 0.1) is 11.4 Å². The fraction of sp³-hybridized carbons (Fsp3) is 0.364. The summed E-state index contributed by atoms with van der Waals surface area (Å²) in [5, 5.41) is 21.9. The van der Waals surface area contributed by atoms with Crippen molar-refractivity contribution in [2.45, 2.75) is 19.1 Å². The van der Waals surface area contributed by atoms with Crippen molar-refractivity contribution in [3.05, 3.63) is 23.8 Å². The quantitative estimate of drug-likeness (QED) is 0.448. The number of rotatable bonds is 4. The molecule has 2 unspecified atom stereocenters. The molecule has 0 spiro atoms. The van der Waals surface area contributed by atoms with E-state index >= 15 is 0 Å². The molecule has 2 atom stereocenters. The molecule has 0 saturated heterocycles. The van der Waals surface area contributed by atoms with Gasteiger partial charge in [-0.1, -0.05) is 6.07 Å². The third-order valence-electron chi connectivity index (χ3n) is 2.38. The molecule has 6 nitrogen and oxygen atoms in total. The minimum absolute atomic E-state index is 0.0270. The highest BCUT2D eigenvalue weighted by Crippen LogP contribution is 2.23. The monoisotopic (exact) mass is 239 g/mol. The summed E-state index contributed by atoms with van der Waals surface area (Å²) in [6.45, 7) is 1.31. The summed E-state index contributed by atoms with van der Waals surface area (Å²) < 4.78 is 0. The van der Waals surface area contributed by atoms with Crippen LogP contribution >= 0.6 is 0 Å². The second-order valence-corrected chi connectivity index (χ2v) is 3.84. The molecule has 0 radical (unpaired) electrons. The van der Waals surface area contributed by atoms with Gasteiger partial charge in [-0.2, -0.15) is 0 Å². The molecule has 94 valence electrons. The highest BCUT2D eigenvalue weighted by molar-refractivity contribution is 5.72. The topological polar surface area (TPSA) is 122 Å². The molecule has 0 heterocycles. The molecule has 1 aromatic rings. The van der Waals surface area contributed by atoms with E-state index in [1.165, 1.54) is 13.0 Å². The second-order valence-electron chi connectivity index (χ2n) is 3.84. The van der Waals surface area contributed by atoms with Gasteiger partial charge in [-0.05, 0) is 17.7 Å². The molecule has 0 aliphatic rings. The van der Waals surface area contributed by atoms with Crippen molar-refractivity contribution in [2.24, 2.45) is 0 Å². The van der Waals surface area contributed by atoms with Crippen LogP contribution in [0.25, 0.3) is 0 Å². The Labute approximate surface area is 99.2 Å². The van der Waals surface area contributed by atoms with E-state index in [1.54, 1.807) is 12.1 Å². The van der Waals surface area contributed by atoms with Crippen LogP contribution in [-0.2, 0) is 4.79 Å². The number of nitrogens with two attached hydrogens (primary N) is 2. The molecule has 0 bridgehead atoms. The molecule has 6 heteroatoms. The molecule has 0 aliphatic heterocycles. The van der Waals surface area contributed by atoms with E-state index in [4.69, 9.17) is 11.5 Å². The number of nitrogen functional groups attached to an aromatic ring is 2. The van der Waals surface area contributed by atoms with Gasteiger partial charge in [-0.3, -0.25) is 4.79 Å². The van der Waals surface area contributed by atoms with Crippen molar-refractivity contribution in [3.8, 4) is 0 Å². The Balaban J connectivity index is 2.70. The Morgan fingerprint density at radius 3 is 2.53 bits per heavy atom. The molecular formula is C11H17N3O3. The van der Waals surface area contributed by atoms with Crippen LogP contribution in [-0.4, -0.2) is 28.8 Å². The highest BCUT2D eigenvalue weighted by atomic mass is 16.3. The first-order valence-electron chi connectivity index (χ1n) is 5.17. The number of aliphatic hydroxyl groups excluding tert-OH is 2. The fourth-order valence-corrected chi connectivity index (χ4v) is 1.36. The van der Waals surface area contributed by atoms with E-state index < -0.39 is 12.2 Å². The van der Waals surface area contributed by atoms with Gasteiger partial charge in [0.15, 0.2) is 0 Å². The number of carbonyl (C=O) groups excluding carboxylic acids is 1. The Bertz CT molecular complexity index is 409. The van der Waals surface area contributed by atoms with Crippen LogP contribution in [0.3, 0.4) is 0 Å². The van der Waals surface area contributed by atoms with Gasteiger partial charge >= 0.3 is 0 Å². The van der Waals surface area contributed by atoms with Crippen molar-refractivity contribution >= 4 is 17.3 Å². The molecule has 1 rings (SSSR count). The number of carbonyl (C=O) groups is 1. The first-order valence-corrected chi connectivity index (χ1v) is 5.17. The van der Waals surface area contributed by atoms with Crippen LogP contribution < -0.4 is 16.8 Å². The van der Waals surface area contributed by atoms with Gasteiger partial charge in [-0.25, -0.2) is 0 Å². The largest absolute Gasteiger partial charge is 0.397 e. The summed E-state index contributed by atoms with van der Waals surface area (Å²) in [4.78, 5) is 10.7. The van der Waals surface area contributed by atoms with E-state index in [0.29, 0.717) is 16.9 Å². The Kier molecular flexibility index (Phi) is 4.30. The van der Waals surface area contributed by atoms with Crippen LogP contribution in [0.1, 0.15) is 18.6 Å². The zero-order valence-corrected chi connectivity index (χ0v) is 9.55. The third kappa shape index (κ3) is 3.61. The number of anilines is 2. The van der Waals surface area contributed by atoms with Gasteiger partial charge in [-0.15, -0.1) is 0 Å². The lowest BCUT2D eigenvalue weighted by atomic mass is 10.0. The first-order chi connectivity index (χ1) is 7.91. The maximum absolute atomic E-state index is 10.7. The lowest BCUT2D eigenvalue weighted by Crippen LogP contribution is -2.34. The predicted molar refractivity (Wildman–Crippen MR) is 64.9 cm³/mol. The normalized spacial score (nSPS) is 14.1. The lowest BCUT2D eigenvalue weighted by Gasteiger charge is -2.19. The summed E-state index contributed by atoms with van der Waals surface area (Å²) in [6, 6.07) is 4.63. The van der Waals surface area contributed by atoms with Crippen molar-refractivity contribution in [1.29, 1.82) is 0 Å². The first kappa shape index (κ1) is 13.3. The van der Waals surface area contributed by atoms with E-state index in [2.05, 4.69) is 5.32 Å². The van der Waals surface area contributed by atoms with Gasteiger partial charge in [0.25, 0.3) is 0 Å². The number of nitrogens with one attached hydrogen (secondary N) is 1. The molecule has 0 aliphatic carbocycles. The van der Waals surface area contributed by atoms with Gasteiger partial charge in [0.2, 0.25) is 5.91 Å². The average Bonchev–Trinajstić information content (AvgIpc) is 2.28. The third-order valence-corrected chi connectivity index (χ3v) is 2.38. The minimum atomic E-state index is -1.12. The fourth-order valence-electron chi connectivity index (χ4n) is 1.36. The van der Waals surface area contributed by atoms with E-state index in [9.17, 15) is 15.0 Å². The van der Waals surface area contributed by atoms with Crippen LogP contribution in [0, 0.1) is 0 Å². The highest BCUT2D eigenvalue weighted by Gasteiger charge is 2.18. The Morgan fingerprint density at radius 2 is 2.00 bits per heavy atom. The maximum atomic E-state index is 10.7. The van der Waals surface area contributed by atoms with Gasteiger partial charge in [0, 0.05) is 13.5 Å². The Morgan fingerprint density at radius 1 is 1.35 bits per heavy atom. The number of hydrogen-bond acceptors (Lipinski definition) is 5. The van der Waals surface area contributed by atoms with Crippen molar-refractivity contribution < 1.29 is 15.0 Å². The summed E-state index contributed by atoms with van der Waals surface area (Å²) in [6.07, 6.45) is -2.22. The van der Waals surface area contributed by atoms with Crippen LogP contribution in [0.15, 0.2) is 18.2 Å². The summed E-state index contributed by atoms with van der Waals surface area (Å²) in [5.41, 5.74) is 12.3. The second kappa shape index (κ2) is 5.51. The lowest BCUT2D eigenvalue weighted by molar-refractivity contribution is -0.119. The van der Waals surface area contributed by atoms with Crippen LogP contribution in [0.2, 0.25) is 0 Å². The Hall–Kier alpha value is -1.79. The number of amides is 1. The van der Waals surface area contributed by atoms with Crippen molar-refractivity contribution in [2.75, 3.05) is 18.0 Å². The van der Waals surface area contributed by atoms with E-state index in [-0.39, 0.29) is 12.5 Å². The molecular weight excluding hydrogens is 222 g/mol. The summed E-state index contributed by atoms with van der Waals surface area (Å²) in [5.74, 6) is -0.270. The molecule has 0 saturated carbocycles. The minimum Gasteiger partial charge on any atom is -0.397 e. The number of hydrogen-bond donors (Lipinski definition) is 5. The SMILES string of the molecule is CC(=O)NCC(O)C(O)c1ccc(N)c(N)c1. The number of aliphatic hydroxyl groups is 2. The molecule has 0 aromatic heterocycles. The van der Waals surface area contributed by atoms with E-state index in [0.717, 1.165) is 0 Å². The standard InChI is InChI=1S/C11H17N3O3/c1-6(15)14-5-10(16)11(17)7-2-3-8(12)9(13)4-7/h2-4,10-11,16-17H,5,12-13H2,1H3,(H,14,15). The van der Waals surface area contributed by atoms with E-state index in [1.807, 2.05) is 0 Å². The van der Waals surface area contributed by atoms with Crippen LogP contribution in [0.5, 0.6) is 0 Å². The van der Waals surface area contributed by atoms with Crippen LogP contribution in [0.4, 0.5) is 11.4 Å². The predicted octanol–water partition coefficient (Wildman–Crippen LogP) is -0.619. The summed E-state index contributed by atoms with van der Waals surface area (Å²) >= 11 is 0. The number of benzene rings is 1. The van der Waals surface area contributed by atoms with Crippen molar-refractivity contribution in [3.63, 3.8) is 0 Å². The molecule has 1 amide bonds.